The Balaban J connectivity index is 2.31. The van der Waals surface area contributed by atoms with Crippen molar-refractivity contribution in [1.29, 1.82) is 0 Å². The summed E-state index contributed by atoms with van der Waals surface area (Å²) in [5.74, 6) is -1.39. The van der Waals surface area contributed by atoms with Crippen molar-refractivity contribution in [3.63, 3.8) is 0 Å². The Labute approximate surface area is 110 Å². The number of carbonyl (C=O) groups is 1. The lowest BCUT2D eigenvalue weighted by atomic mass is 10.2. The molecular weight excluding hydrogens is 268 g/mol. The van der Waals surface area contributed by atoms with Gasteiger partial charge in [-0.15, -0.1) is 0 Å². The van der Waals surface area contributed by atoms with Crippen molar-refractivity contribution in [2.24, 2.45) is 0 Å². The van der Waals surface area contributed by atoms with E-state index in [4.69, 9.17) is 9.52 Å². The van der Waals surface area contributed by atoms with Crippen LogP contribution in [-0.4, -0.2) is 19.5 Å². The smallest absolute Gasteiger partial charge is 0.338 e. The van der Waals surface area contributed by atoms with Crippen molar-refractivity contribution in [2.75, 3.05) is 0 Å². The SMILES string of the molecule is Cc1ccccc1S(=O)(=O)Cc1cc(C(=O)O)co1. The Kier molecular flexibility index (Phi) is 3.44. The van der Waals surface area contributed by atoms with E-state index in [0.29, 0.717) is 5.56 Å². The minimum Gasteiger partial charge on any atom is -0.478 e. The van der Waals surface area contributed by atoms with Crippen LogP contribution in [-0.2, 0) is 15.6 Å². The van der Waals surface area contributed by atoms with Crippen molar-refractivity contribution in [2.45, 2.75) is 17.6 Å². The number of furan rings is 1. The van der Waals surface area contributed by atoms with Gasteiger partial charge in [-0.1, -0.05) is 18.2 Å². The number of carboxylic acid groups (broad SMARTS) is 1. The van der Waals surface area contributed by atoms with Gasteiger partial charge in [0.1, 0.15) is 17.8 Å². The average molecular weight is 280 g/mol. The average Bonchev–Trinajstić information content (AvgIpc) is 2.77. The highest BCUT2D eigenvalue weighted by Gasteiger charge is 2.20. The van der Waals surface area contributed by atoms with Crippen LogP contribution >= 0.6 is 0 Å². The topological polar surface area (TPSA) is 84.6 Å². The molecule has 0 bridgehead atoms. The molecule has 0 fully saturated rings. The fraction of sp³-hybridized carbons (Fsp3) is 0.154. The molecule has 1 N–H and O–H groups in total. The molecule has 0 radical (unpaired) electrons. The maximum absolute atomic E-state index is 12.2. The molecule has 2 rings (SSSR count). The number of rotatable bonds is 4. The summed E-state index contributed by atoms with van der Waals surface area (Å²) in [7, 11) is -3.54. The van der Waals surface area contributed by atoms with Gasteiger partial charge in [-0.05, 0) is 24.6 Å². The van der Waals surface area contributed by atoms with Crippen LogP contribution in [0.15, 0.2) is 45.9 Å². The first-order valence-corrected chi connectivity index (χ1v) is 7.14. The molecule has 0 aliphatic heterocycles. The van der Waals surface area contributed by atoms with E-state index in [1.54, 1.807) is 25.1 Å². The predicted molar refractivity (Wildman–Crippen MR) is 67.7 cm³/mol. The van der Waals surface area contributed by atoms with Crippen LogP contribution < -0.4 is 0 Å². The minimum atomic E-state index is -3.54. The third-order valence-electron chi connectivity index (χ3n) is 2.66. The highest BCUT2D eigenvalue weighted by Crippen LogP contribution is 2.21. The van der Waals surface area contributed by atoms with Crippen molar-refractivity contribution in [3.05, 3.63) is 53.5 Å². The summed E-state index contributed by atoms with van der Waals surface area (Å²) in [4.78, 5) is 10.9. The van der Waals surface area contributed by atoms with Crippen LogP contribution in [0.1, 0.15) is 21.7 Å². The molecule has 19 heavy (non-hydrogen) atoms. The summed E-state index contributed by atoms with van der Waals surface area (Å²) in [6, 6.07) is 7.84. The number of hydrogen-bond acceptors (Lipinski definition) is 4. The molecule has 1 heterocycles. The van der Waals surface area contributed by atoms with Crippen LogP contribution in [0, 0.1) is 6.92 Å². The molecule has 0 saturated heterocycles. The molecule has 0 aliphatic carbocycles. The number of sulfone groups is 1. The molecule has 100 valence electrons. The van der Waals surface area contributed by atoms with Gasteiger partial charge in [0.15, 0.2) is 9.84 Å². The highest BCUT2D eigenvalue weighted by atomic mass is 32.2. The molecule has 0 amide bonds. The molecular formula is C13H12O5S. The highest BCUT2D eigenvalue weighted by molar-refractivity contribution is 7.90. The normalized spacial score (nSPS) is 11.4. The van der Waals surface area contributed by atoms with E-state index in [2.05, 4.69) is 0 Å². The fourth-order valence-electron chi connectivity index (χ4n) is 1.74. The van der Waals surface area contributed by atoms with Crippen molar-refractivity contribution < 1.29 is 22.7 Å². The predicted octanol–water partition coefficient (Wildman–Crippen LogP) is 2.26. The van der Waals surface area contributed by atoms with Crippen LogP contribution in [0.5, 0.6) is 0 Å². The van der Waals surface area contributed by atoms with Gasteiger partial charge in [0.05, 0.1) is 10.5 Å². The number of hydrogen-bond donors (Lipinski definition) is 1. The zero-order valence-corrected chi connectivity index (χ0v) is 11.0. The Morgan fingerprint density at radius 2 is 2.00 bits per heavy atom. The van der Waals surface area contributed by atoms with Gasteiger partial charge in [0, 0.05) is 0 Å². The zero-order chi connectivity index (χ0) is 14.0. The number of benzene rings is 1. The lowest BCUT2D eigenvalue weighted by molar-refractivity contribution is 0.0696. The molecule has 0 unspecified atom stereocenters. The summed E-state index contributed by atoms with van der Waals surface area (Å²) in [6.45, 7) is 1.71. The summed E-state index contributed by atoms with van der Waals surface area (Å²) in [5, 5.41) is 8.75. The molecule has 1 aromatic carbocycles. The van der Waals surface area contributed by atoms with Gasteiger partial charge in [0.2, 0.25) is 0 Å². The number of aryl methyl sites for hydroxylation is 1. The van der Waals surface area contributed by atoms with Crippen LogP contribution in [0.4, 0.5) is 0 Å². The minimum absolute atomic E-state index is 0.0602. The molecule has 0 aliphatic rings. The number of carboxylic acids is 1. The van der Waals surface area contributed by atoms with E-state index in [0.717, 1.165) is 6.26 Å². The monoisotopic (exact) mass is 280 g/mol. The first-order chi connectivity index (χ1) is 8.90. The molecule has 2 aromatic rings. The second kappa shape index (κ2) is 4.89. The third-order valence-corrected chi connectivity index (χ3v) is 4.45. The van der Waals surface area contributed by atoms with Gasteiger partial charge < -0.3 is 9.52 Å². The maximum Gasteiger partial charge on any atom is 0.338 e. The summed E-state index contributed by atoms with van der Waals surface area (Å²) >= 11 is 0. The van der Waals surface area contributed by atoms with Crippen LogP contribution in [0.2, 0.25) is 0 Å². The Morgan fingerprint density at radius 3 is 2.58 bits per heavy atom. The lowest BCUT2D eigenvalue weighted by Crippen LogP contribution is -2.06. The van der Waals surface area contributed by atoms with E-state index in [-0.39, 0.29) is 22.0 Å². The maximum atomic E-state index is 12.2. The van der Waals surface area contributed by atoms with Gasteiger partial charge >= 0.3 is 5.97 Å². The fourth-order valence-corrected chi connectivity index (χ4v) is 3.26. The first-order valence-electron chi connectivity index (χ1n) is 5.49. The Hall–Kier alpha value is -2.08. The van der Waals surface area contributed by atoms with Gasteiger partial charge in [-0.3, -0.25) is 0 Å². The van der Waals surface area contributed by atoms with E-state index < -0.39 is 15.8 Å². The second-order valence-electron chi connectivity index (χ2n) is 4.13. The lowest BCUT2D eigenvalue weighted by Gasteiger charge is -2.05. The van der Waals surface area contributed by atoms with E-state index in [1.807, 2.05) is 0 Å². The Morgan fingerprint density at radius 1 is 1.32 bits per heavy atom. The molecule has 5 nitrogen and oxygen atoms in total. The standard InChI is InChI=1S/C13H12O5S/c1-9-4-2-3-5-12(9)19(16,17)8-11-6-10(7-18-11)13(14)15/h2-7H,8H2,1H3,(H,14,15). The zero-order valence-electron chi connectivity index (χ0n) is 10.2. The third kappa shape index (κ3) is 2.85. The van der Waals surface area contributed by atoms with Crippen LogP contribution in [0.3, 0.4) is 0 Å². The van der Waals surface area contributed by atoms with Gasteiger partial charge in [-0.25, -0.2) is 13.2 Å². The quantitative estimate of drug-likeness (QED) is 0.928. The summed E-state index contributed by atoms with van der Waals surface area (Å²) in [6.07, 6.45) is 1.03. The van der Waals surface area contributed by atoms with E-state index >= 15 is 0 Å². The molecule has 0 spiro atoms. The molecule has 1 aromatic heterocycles. The molecule has 0 saturated carbocycles. The van der Waals surface area contributed by atoms with Gasteiger partial charge in [0.25, 0.3) is 0 Å². The molecule has 0 atom stereocenters. The first kappa shape index (κ1) is 13.4. The largest absolute Gasteiger partial charge is 0.478 e. The summed E-state index contributed by atoms with van der Waals surface area (Å²) in [5.41, 5.74) is 0.586. The van der Waals surface area contributed by atoms with E-state index in [9.17, 15) is 13.2 Å². The van der Waals surface area contributed by atoms with E-state index in [1.165, 1.54) is 12.1 Å². The number of aromatic carboxylic acids is 1. The van der Waals surface area contributed by atoms with Gasteiger partial charge in [-0.2, -0.15) is 0 Å². The van der Waals surface area contributed by atoms with Crippen molar-refractivity contribution in [3.8, 4) is 0 Å². The van der Waals surface area contributed by atoms with Crippen molar-refractivity contribution in [1.82, 2.24) is 0 Å². The van der Waals surface area contributed by atoms with Crippen molar-refractivity contribution >= 4 is 15.8 Å². The second-order valence-corrected chi connectivity index (χ2v) is 6.09. The van der Waals surface area contributed by atoms with Crippen LogP contribution in [0.25, 0.3) is 0 Å². The molecule has 6 heteroatoms. The summed E-state index contributed by atoms with van der Waals surface area (Å²) < 4.78 is 29.4. The Bertz CT molecular complexity index is 712.